The lowest BCUT2D eigenvalue weighted by Gasteiger charge is -2.00. The summed E-state index contributed by atoms with van der Waals surface area (Å²) in [5.74, 6) is -0.476. The molecule has 1 N–H and O–H groups in total. The van der Waals surface area contributed by atoms with E-state index in [4.69, 9.17) is 0 Å². The van der Waals surface area contributed by atoms with Gasteiger partial charge in [-0.1, -0.05) is 6.08 Å². The van der Waals surface area contributed by atoms with E-state index in [0.717, 1.165) is 0 Å². The molecule has 0 saturated heterocycles. The molecule has 0 rings (SSSR count). The molecule has 0 aliphatic carbocycles. The molecule has 15 heavy (non-hydrogen) atoms. The standard InChI is InChI=1S/C9H15NO4S/c1-2-3-8(11)4-5-9(12)10-6-7-15(13)14/h2-3,15H,4-7H2,1H3,(H,10,12)/b3-2+. The minimum absolute atomic E-state index is 0.0656. The number of amides is 1. The predicted octanol–water partition coefficient (Wildman–Crippen LogP) is -0.361. The van der Waals surface area contributed by atoms with Crippen LogP contribution in [0.25, 0.3) is 0 Å². The average molecular weight is 233 g/mol. The van der Waals surface area contributed by atoms with Crippen LogP contribution in [0.1, 0.15) is 19.8 Å². The zero-order valence-corrected chi connectivity index (χ0v) is 9.46. The second kappa shape index (κ2) is 8.16. The fourth-order valence-corrected chi connectivity index (χ4v) is 1.18. The highest BCUT2D eigenvalue weighted by molar-refractivity contribution is 7.72. The fraction of sp³-hybridized carbons (Fsp3) is 0.556. The summed E-state index contributed by atoms with van der Waals surface area (Å²) in [5.41, 5.74) is 0. The summed E-state index contributed by atoms with van der Waals surface area (Å²) in [6, 6.07) is 0. The van der Waals surface area contributed by atoms with Gasteiger partial charge >= 0.3 is 0 Å². The Balaban J connectivity index is 3.62. The van der Waals surface area contributed by atoms with Crippen LogP contribution in [-0.4, -0.2) is 32.4 Å². The maximum absolute atomic E-state index is 11.0. The van der Waals surface area contributed by atoms with Crippen molar-refractivity contribution in [2.24, 2.45) is 0 Å². The lowest BCUT2D eigenvalue weighted by atomic mass is 10.2. The summed E-state index contributed by atoms with van der Waals surface area (Å²) in [6.45, 7) is 1.83. The molecule has 0 fully saturated rings. The van der Waals surface area contributed by atoms with Crippen molar-refractivity contribution in [3.63, 3.8) is 0 Å². The predicted molar refractivity (Wildman–Crippen MR) is 57.2 cm³/mol. The van der Waals surface area contributed by atoms with Crippen LogP contribution < -0.4 is 5.32 Å². The molecule has 0 aromatic rings. The summed E-state index contributed by atoms with van der Waals surface area (Å²) in [4.78, 5) is 22.0. The quantitative estimate of drug-likeness (QED) is 0.465. The molecule has 0 saturated carbocycles. The average Bonchev–Trinajstić information content (AvgIpc) is 2.14. The molecule has 0 unspecified atom stereocenters. The van der Waals surface area contributed by atoms with E-state index in [1.165, 1.54) is 6.08 Å². The van der Waals surface area contributed by atoms with E-state index in [2.05, 4.69) is 5.32 Å². The van der Waals surface area contributed by atoms with Gasteiger partial charge in [-0.15, -0.1) is 0 Å². The topological polar surface area (TPSA) is 80.3 Å². The van der Waals surface area contributed by atoms with Crippen LogP contribution in [-0.2, 0) is 20.3 Å². The third-order valence-electron chi connectivity index (χ3n) is 1.57. The van der Waals surface area contributed by atoms with Gasteiger partial charge in [-0.3, -0.25) is 9.59 Å². The molecule has 0 heterocycles. The number of allylic oxidation sites excluding steroid dienone is 2. The lowest BCUT2D eigenvalue weighted by Crippen LogP contribution is -2.26. The monoisotopic (exact) mass is 233 g/mol. The Hall–Kier alpha value is -1.17. The van der Waals surface area contributed by atoms with Crippen LogP contribution in [0.2, 0.25) is 0 Å². The second-order valence-corrected chi connectivity index (χ2v) is 3.99. The van der Waals surface area contributed by atoms with Crippen LogP contribution in [0, 0.1) is 0 Å². The Bertz CT molecular complexity index is 312. The van der Waals surface area contributed by atoms with Crippen LogP contribution in [0.5, 0.6) is 0 Å². The molecule has 0 radical (unpaired) electrons. The molecule has 0 aliphatic rings. The first-order valence-electron chi connectivity index (χ1n) is 4.60. The van der Waals surface area contributed by atoms with Crippen molar-refractivity contribution < 1.29 is 18.0 Å². The van der Waals surface area contributed by atoms with Crippen molar-refractivity contribution in [1.29, 1.82) is 0 Å². The zero-order chi connectivity index (χ0) is 11.7. The van der Waals surface area contributed by atoms with Gasteiger partial charge < -0.3 is 5.32 Å². The summed E-state index contributed by atoms with van der Waals surface area (Å²) in [6.07, 6.45) is 3.27. The summed E-state index contributed by atoms with van der Waals surface area (Å²) >= 11 is 0. The molecule has 0 atom stereocenters. The largest absolute Gasteiger partial charge is 0.355 e. The van der Waals surface area contributed by atoms with Crippen molar-refractivity contribution >= 4 is 22.4 Å². The van der Waals surface area contributed by atoms with E-state index in [9.17, 15) is 18.0 Å². The Kier molecular flexibility index (Phi) is 7.53. The molecule has 6 heteroatoms. The number of thiol groups is 1. The molecule has 0 spiro atoms. The van der Waals surface area contributed by atoms with Gasteiger partial charge in [0.25, 0.3) is 0 Å². The molecule has 0 aliphatic heterocycles. The van der Waals surface area contributed by atoms with Crippen molar-refractivity contribution in [3.8, 4) is 0 Å². The van der Waals surface area contributed by atoms with E-state index < -0.39 is 10.7 Å². The number of nitrogens with one attached hydrogen (secondary N) is 1. The van der Waals surface area contributed by atoms with Gasteiger partial charge in [-0.2, -0.15) is 0 Å². The maximum Gasteiger partial charge on any atom is 0.220 e. The van der Waals surface area contributed by atoms with Gasteiger partial charge in [-0.25, -0.2) is 8.42 Å². The first-order chi connectivity index (χ1) is 7.06. The fourth-order valence-electron chi connectivity index (χ4n) is 0.881. The Morgan fingerprint density at radius 1 is 1.27 bits per heavy atom. The summed E-state index contributed by atoms with van der Waals surface area (Å²) < 4.78 is 20.3. The maximum atomic E-state index is 11.0. The molecular weight excluding hydrogens is 218 g/mol. The Morgan fingerprint density at radius 3 is 2.47 bits per heavy atom. The van der Waals surface area contributed by atoms with Crippen LogP contribution >= 0.6 is 0 Å². The number of hydrogen-bond donors (Lipinski definition) is 2. The van der Waals surface area contributed by atoms with E-state index in [1.807, 2.05) is 0 Å². The highest BCUT2D eigenvalue weighted by Gasteiger charge is 2.03. The van der Waals surface area contributed by atoms with Gasteiger partial charge in [0, 0.05) is 19.4 Å². The van der Waals surface area contributed by atoms with Gasteiger partial charge in [0.15, 0.2) is 5.78 Å². The van der Waals surface area contributed by atoms with Crippen molar-refractivity contribution in [1.82, 2.24) is 5.32 Å². The number of hydrogen-bond acceptors (Lipinski definition) is 4. The van der Waals surface area contributed by atoms with Gasteiger partial charge in [0.05, 0.1) is 5.75 Å². The van der Waals surface area contributed by atoms with Crippen molar-refractivity contribution in [2.75, 3.05) is 12.3 Å². The number of ketones is 1. The highest BCUT2D eigenvalue weighted by Crippen LogP contribution is 1.92. The smallest absolute Gasteiger partial charge is 0.220 e. The van der Waals surface area contributed by atoms with E-state index >= 15 is 0 Å². The molecule has 5 nitrogen and oxygen atoms in total. The van der Waals surface area contributed by atoms with Crippen LogP contribution in [0.3, 0.4) is 0 Å². The van der Waals surface area contributed by atoms with E-state index in [-0.39, 0.29) is 36.8 Å². The number of carbonyl (C=O) groups is 2. The lowest BCUT2D eigenvalue weighted by molar-refractivity contribution is -0.123. The second-order valence-electron chi connectivity index (χ2n) is 2.87. The molecule has 1 amide bonds. The number of carbonyl (C=O) groups excluding carboxylic acids is 2. The van der Waals surface area contributed by atoms with Crippen LogP contribution in [0.15, 0.2) is 12.2 Å². The van der Waals surface area contributed by atoms with E-state index in [0.29, 0.717) is 0 Å². The molecule has 0 aromatic heterocycles. The molecule has 0 bridgehead atoms. The van der Waals surface area contributed by atoms with E-state index in [1.54, 1.807) is 13.0 Å². The van der Waals surface area contributed by atoms with Crippen molar-refractivity contribution in [3.05, 3.63) is 12.2 Å². The third kappa shape index (κ3) is 9.14. The SMILES string of the molecule is C/C=C/C(=O)CCC(=O)NCC[SH](=O)=O. The highest BCUT2D eigenvalue weighted by atomic mass is 32.2. The molecular formula is C9H15NO4S. The Labute approximate surface area is 90.5 Å². The number of rotatable bonds is 7. The van der Waals surface area contributed by atoms with Gasteiger partial charge in [0.1, 0.15) is 10.7 Å². The van der Waals surface area contributed by atoms with Crippen LogP contribution in [0.4, 0.5) is 0 Å². The van der Waals surface area contributed by atoms with Gasteiger partial charge in [-0.05, 0) is 13.0 Å². The Morgan fingerprint density at radius 2 is 1.93 bits per heavy atom. The summed E-state index contributed by atoms with van der Waals surface area (Å²) in [5, 5.41) is 2.41. The first kappa shape index (κ1) is 13.8. The normalized spacial score (nSPS) is 10.8. The molecule has 86 valence electrons. The minimum atomic E-state index is -2.45. The zero-order valence-electron chi connectivity index (χ0n) is 8.56. The van der Waals surface area contributed by atoms with Gasteiger partial charge in [0.2, 0.25) is 5.91 Å². The molecule has 0 aromatic carbocycles. The minimum Gasteiger partial charge on any atom is -0.355 e. The summed E-state index contributed by atoms with van der Waals surface area (Å²) in [7, 11) is -2.45. The third-order valence-corrected chi connectivity index (χ3v) is 2.16. The first-order valence-corrected chi connectivity index (χ1v) is 5.96. The van der Waals surface area contributed by atoms with Crippen molar-refractivity contribution in [2.45, 2.75) is 19.8 Å².